The molecule has 124 valence electrons. The van der Waals surface area contributed by atoms with Gasteiger partial charge in [0.05, 0.1) is 6.20 Å². The summed E-state index contributed by atoms with van der Waals surface area (Å²) in [6.07, 6.45) is 6.70. The smallest absolute Gasteiger partial charge is 0.323 e. The highest BCUT2D eigenvalue weighted by atomic mass is 19.1. The Balaban J connectivity index is 1.51. The Kier molecular flexibility index (Phi) is 3.71. The van der Waals surface area contributed by atoms with Crippen LogP contribution >= 0.6 is 0 Å². The molecule has 2 aliphatic heterocycles. The number of nitrogens with one attached hydrogen (secondary N) is 1. The maximum Gasteiger partial charge on any atom is 0.323 e. The minimum atomic E-state index is -0.402. The van der Waals surface area contributed by atoms with Crippen LogP contribution in [0.2, 0.25) is 0 Å². The van der Waals surface area contributed by atoms with Crippen molar-refractivity contribution < 1.29 is 13.9 Å². The summed E-state index contributed by atoms with van der Waals surface area (Å²) in [5.74, 6) is 0.596. The molecule has 1 N–H and O–H groups in total. The summed E-state index contributed by atoms with van der Waals surface area (Å²) in [4.78, 5) is 18.6. The van der Waals surface area contributed by atoms with Gasteiger partial charge in [0.15, 0.2) is 0 Å². The average Bonchev–Trinajstić information content (AvgIpc) is 3.14. The number of pyridine rings is 1. The molecular weight excluding hydrogens is 297 g/mol. The second-order valence-corrected chi connectivity index (χ2v) is 7.00. The molecule has 1 aliphatic carbocycles. The number of hydrogen-bond donors (Lipinski definition) is 1. The molecule has 2 saturated heterocycles. The number of fused-ring (bicyclic) bond motifs is 2. The molecule has 1 aromatic heterocycles. The third-order valence-corrected chi connectivity index (χ3v) is 5.86. The first-order valence-electron chi connectivity index (χ1n) is 8.45. The predicted octanol–water partition coefficient (Wildman–Crippen LogP) is 3.03. The van der Waals surface area contributed by atoms with E-state index in [1.807, 2.05) is 4.90 Å². The first kappa shape index (κ1) is 14.9. The Morgan fingerprint density at radius 2 is 2.17 bits per heavy atom. The maximum absolute atomic E-state index is 12.9. The van der Waals surface area contributed by atoms with Crippen molar-refractivity contribution >= 4 is 11.8 Å². The van der Waals surface area contributed by atoms with Gasteiger partial charge in [-0.05, 0) is 49.1 Å². The number of ether oxygens (including phenoxy) is 1. The van der Waals surface area contributed by atoms with E-state index in [2.05, 4.69) is 10.3 Å². The van der Waals surface area contributed by atoms with Crippen LogP contribution in [-0.4, -0.2) is 41.7 Å². The van der Waals surface area contributed by atoms with E-state index < -0.39 is 5.82 Å². The Morgan fingerprint density at radius 1 is 1.35 bits per heavy atom. The molecule has 6 heteroatoms. The summed E-state index contributed by atoms with van der Waals surface area (Å²) in [6, 6.07) is 3.03. The van der Waals surface area contributed by atoms with Crippen LogP contribution in [0.25, 0.3) is 0 Å². The quantitative estimate of drug-likeness (QED) is 0.865. The second-order valence-electron chi connectivity index (χ2n) is 7.00. The van der Waals surface area contributed by atoms with Crippen molar-refractivity contribution in [2.75, 3.05) is 25.1 Å². The van der Waals surface area contributed by atoms with Crippen LogP contribution < -0.4 is 5.32 Å². The van der Waals surface area contributed by atoms with Crippen molar-refractivity contribution in [3.63, 3.8) is 0 Å². The van der Waals surface area contributed by atoms with E-state index >= 15 is 0 Å². The van der Waals surface area contributed by atoms with E-state index in [0.29, 0.717) is 17.8 Å². The summed E-state index contributed by atoms with van der Waals surface area (Å²) in [7, 11) is 0. The molecule has 1 aromatic rings. The maximum atomic E-state index is 12.9. The van der Waals surface area contributed by atoms with Gasteiger partial charge in [0.1, 0.15) is 11.6 Å². The van der Waals surface area contributed by atoms with Gasteiger partial charge in [-0.1, -0.05) is 6.42 Å². The van der Waals surface area contributed by atoms with E-state index in [9.17, 15) is 9.18 Å². The molecule has 3 fully saturated rings. The van der Waals surface area contributed by atoms with Crippen molar-refractivity contribution in [3.05, 3.63) is 24.1 Å². The van der Waals surface area contributed by atoms with Gasteiger partial charge in [-0.25, -0.2) is 14.2 Å². The van der Waals surface area contributed by atoms with Crippen molar-refractivity contribution in [2.45, 2.75) is 38.1 Å². The van der Waals surface area contributed by atoms with Gasteiger partial charge in [-0.3, -0.25) is 5.32 Å². The molecule has 3 aliphatic rings. The highest BCUT2D eigenvalue weighted by molar-refractivity contribution is 5.88. The van der Waals surface area contributed by atoms with Crippen molar-refractivity contribution in [1.29, 1.82) is 0 Å². The predicted molar refractivity (Wildman–Crippen MR) is 83.5 cm³/mol. The number of halogens is 1. The molecule has 1 spiro atoms. The number of urea groups is 1. The third-order valence-electron chi connectivity index (χ3n) is 5.86. The van der Waals surface area contributed by atoms with Crippen LogP contribution in [0.1, 0.15) is 32.1 Å². The van der Waals surface area contributed by atoms with Crippen molar-refractivity contribution in [3.8, 4) is 0 Å². The van der Waals surface area contributed by atoms with Gasteiger partial charge in [0.25, 0.3) is 0 Å². The highest BCUT2D eigenvalue weighted by Gasteiger charge is 2.55. The van der Waals surface area contributed by atoms with Crippen LogP contribution in [0.5, 0.6) is 0 Å². The summed E-state index contributed by atoms with van der Waals surface area (Å²) in [5.41, 5.74) is 0.229. The van der Waals surface area contributed by atoms with E-state index in [-0.39, 0.29) is 11.4 Å². The minimum absolute atomic E-state index is 0.107. The van der Waals surface area contributed by atoms with Gasteiger partial charge in [-0.2, -0.15) is 0 Å². The number of carbonyl (C=O) groups is 1. The van der Waals surface area contributed by atoms with Gasteiger partial charge in [-0.15, -0.1) is 0 Å². The second kappa shape index (κ2) is 5.74. The van der Waals surface area contributed by atoms with E-state index in [0.717, 1.165) is 45.2 Å². The van der Waals surface area contributed by atoms with Gasteiger partial charge < -0.3 is 9.64 Å². The molecule has 2 amide bonds. The fraction of sp³-hybridized carbons (Fsp3) is 0.647. The first-order chi connectivity index (χ1) is 11.2. The first-order valence-corrected chi connectivity index (χ1v) is 8.45. The highest BCUT2D eigenvalue weighted by Crippen LogP contribution is 2.53. The van der Waals surface area contributed by atoms with Crippen molar-refractivity contribution in [2.24, 2.45) is 11.3 Å². The molecule has 0 bridgehead atoms. The lowest BCUT2D eigenvalue weighted by Gasteiger charge is -2.37. The number of hydrogen-bond acceptors (Lipinski definition) is 3. The van der Waals surface area contributed by atoms with Gasteiger partial charge >= 0.3 is 6.03 Å². The lowest BCUT2D eigenvalue weighted by Crippen LogP contribution is -2.40. The zero-order chi connectivity index (χ0) is 15.9. The Labute approximate surface area is 135 Å². The van der Waals surface area contributed by atoms with E-state index in [1.54, 1.807) is 0 Å². The third kappa shape index (κ3) is 2.59. The Bertz CT molecular complexity index is 586. The van der Waals surface area contributed by atoms with Gasteiger partial charge in [0.2, 0.25) is 0 Å². The number of carbonyl (C=O) groups excluding carboxylic acids is 1. The largest absolute Gasteiger partial charge is 0.381 e. The molecule has 0 radical (unpaired) electrons. The molecule has 3 heterocycles. The number of nitrogens with zero attached hydrogens (tertiary/aromatic N) is 2. The molecule has 1 saturated carbocycles. The van der Waals surface area contributed by atoms with E-state index in [1.165, 1.54) is 25.0 Å². The fourth-order valence-corrected chi connectivity index (χ4v) is 4.76. The van der Waals surface area contributed by atoms with Crippen LogP contribution in [-0.2, 0) is 4.74 Å². The molecule has 5 nitrogen and oxygen atoms in total. The minimum Gasteiger partial charge on any atom is -0.381 e. The molecule has 4 rings (SSSR count). The SMILES string of the molecule is O=C(Nc1ccc(F)cn1)N1CC2(CCOCC2)[C@@H]2CCC[C@@H]21. The van der Waals surface area contributed by atoms with Crippen LogP contribution in [0, 0.1) is 17.2 Å². The van der Waals surface area contributed by atoms with Crippen molar-refractivity contribution in [1.82, 2.24) is 9.88 Å². The average molecular weight is 319 g/mol. The zero-order valence-corrected chi connectivity index (χ0v) is 13.1. The summed E-state index contributed by atoms with van der Waals surface area (Å²) >= 11 is 0. The summed E-state index contributed by atoms with van der Waals surface area (Å²) in [5, 5.41) is 2.82. The lowest BCUT2D eigenvalue weighted by atomic mass is 9.71. The molecular formula is C17H22FN3O2. The topological polar surface area (TPSA) is 54.5 Å². The molecule has 2 atom stereocenters. The standard InChI is InChI=1S/C17H22FN3O2/c18-12-4-5-15(19-10-12)20-16(22)21-11-17(6-8-23-9-7-17)13-2-1-3-14(13)21/h4-5,10,13-14H,1-3,6-9,11H2,(H,19,20,22)/t13-,14+/m1/s1. The lowest BCUT2D eigenvalue weighted by molar-refractivity contribution is -0.000304. The Morgan fingerprint density at radius 3 is 2.91 bits per heavy atom. The molecule has 23 heavy (non-hydrogen) atoms. The van der Waals surface area contributed by atoms with Crippen LogP contribution in [0.15, 0.2) is 18.3 Å². The number of anilines is 1. The normalized spacial score (nSPS) is 28.8. The number of rotatable bonds is 1. The Hall–Kier alpha value is -1.69. The summed E-state index contributed by atoms with van der Waals surface area (Å²) < 4.78 is 18.5. The monoisotopic (exact) mass is 319 g/mol. The number of aromatic nitrogens is 1. The van der Waals surface area contributed by atoms with Crippen LogP contribution in [0.3, 0.4) is 0 Å². The van der Waals surface area contributed by atoms with Crippen LogP contribution in [0.4, 0.5) is 15.0 Å². The zero-order valence-electron chi connectivity index (χ0n) is 13.1. The fourth-order valence-electron chi connectivity index (χ4n) is 4.76. The van der Waals surface area contributed by atoms with Gasteiger partial charge in [0, 0.05) is 25.8 Å². The molecule has 0 unspecified atom stereocenters. The number of likely N-dealkylation sites (tertiary alicyclic amines) is 1. The summed E-state index contributed by atoms with van der Waals surface area (Å²) in [6.45, 7) is 2.41. The number of amides is 2. The molecule has 0 aromatic carbocycles. The van der Waals surface area contributed by atoms with E-state index in [4.69, 9.17) is 4.74 Å².